The van der Waals surface area contributed by atoms with Gasteiger partial charge in [-0.05, 0) is 57.1 Å². The van der Waals surface area contributed by atoms with Crippen LogP contribution in [-0.4, -0.2) is 77.8 Å². The SMILES string of the molecule is CCC[C@H](NC(=O)c1ccncc1)C(=O)N[C@@H](CCC)C(=O)N[C@H](CN[C@@H](C)C(=O)N[C@H](C(=O)NCC)C(C)C)CC(C)C. The van der Waals surface area contributed by atoms with Crippen LogP contribution in [0.3, 0.4) is 0 Å². The molecule has 5 amide bonds. The molecule has 0 unspecified atom stereocenters. The molecule has 6 N–H and O–H groups in total. The third-order valence-electron chi connectivity index (χ3n) is 7.12. The van der Waals surface area contributed by atoms with Gasteiger partial charge in [-0.2, -0.15) is 0 Å². The van der Waals surface area contributed by atoms with Crippen molar-refractivity contribution in [3.8, 4) is 0 Å². The Morgan fingerprint density at radius 3 is 1.82 bits per heavy atom. The second-order valence-corrected chi connectivity index (χ2v) is 12.0. The molecule has 0 saturated heterocycles. The Hall–Kier alpha value is -3.54. The number of hydrogen-bond donors (Lipinski definition) is 6. The predicted octanol–water partition coefficient (Wildman–Crippen LogP) is 2.05. The van der Waals surface area contributed by atoms with Gasteiger partial charge in [0.2, 0.25) is 23.6 Å². The molecule has 0 radical (unpaired) electrons. The molecular weight excluding hydrogens is 562 g/mol. The van der Waals surface area contributed by atoms with Crippen LogP contribution in [0.5, 0.6) is 0 Å². The molecule has 0 aliphatic heterocycles. The molecule has 0 fully saturated rings. The van der Waals surface area contributed by atoms with E-state index in [1.165, 1.54) is 12.4 Å². The molecule has 0 aromatic carbocycles. The topological polar surface area (TPSA) is 170 Å². The molecule has 0 aliphatic carbocycles. The summed E-state index contributed by atoms with van der Waals surface area (Å²) in [6.07, 6.45) is 5.83. The first kappa shape index (κ1) is 38.5. The summed E-state index contributed by atoms with van der Waals surface area (Å²) in [5, 5.41) is 17.5. The quantitative estimate of drug-likeness (QED) is 0.130. The van der Waals surface area contributed by atoms with Gasteiger partial charge in [-0.1, -0.05) is 54.4 Å². The Kier molecular flexibility index (Phi) is 17.9. The highest BCUT2D eigenvalue weighted by Crippen LogP contribution is 2.08. The fraction of sp³-hybridized carbons (Fsp3) is 0.688. The largest absolute Gasteiger partial charge is 0.355 e. The minimum Gasteiger partial charge on any atom is -0.355 e. The summed E-state index contributed by atoms with van der Waals surface area (Å²) in [6, 6.07) is -0.00929. The molecule has 0 bridgehead atoms. The Balaban J connectivity index is 2.90. The third kappa shape index (κ3) is 13.8. The van der Waals surface area contributed by atoms with Crippen LogP contribution in [0.1, 0.15) is 97.9 Å². The molecule has 1 aromatic heterocycles. The standard InChI is InChI=1S/C32H55N7O5/c1-9-12-25(38-31(43)26(13-10-2)37-29(41)23-14-16-33-17-15-23)30(42)36-24(18-20(4)5)19-35-22(8)28(40)39-27(21(6)7)32(44)34-11-3/h14-17,20-22,24-27,35H,9-13,18-19H2,1-8H3,(H,34,44)(H,36,42)(H,37,41)(H,38,43)(H,39,40)/t22-,24-,25-,26-,27-/m0/s1. The van der Waals surface area contributed by atoms with Crippen LogP contribution in [0.25, 0.3) is 0 Å². The number of hydrogen-bond acceptors (Lipinski definition) is 7. The van der Waals surface area contributed by atoms with E-state index in [4.69, 9.17) is 0 Å². The zero-order chi connectivity index (χ0) is 33.2. The third-order valence-corrected chi connectivity index (χ3v) is 7.12. The zero-order valence-electron chi connectivity index (χ0n) is 27.8. The molecule has 0 saturated carbocycles. The van der Waals surface area contributed by atoms with E-state index in [9.17, 15) is 24.0 Å². The summed E-state index contributed by atoms with van der Waals surface area (Å²) in [5.74, 6) is -1.49. The Morgan fingerprint density at radius 1 is 0.727 bits per heavy atom. The summed E-state index contributed by atoms with van der Waals surface area (Å²) in [5.41, 5.74) is 0.396. The first-order valence-electron chi connectivity index (χ1n) is 16.0. The van der Waals surface area contributed by atoms with E-state index in [1.54, 1.807) is 19.1 Å². The zero-order valence-corrected chi connectivity index (χ0v) is 27.8. The van der Waals surface area contributed by atoms with E-state index in [2.05, 4.69) is 36.9 Å². The maximum absolute atomic E-state index is 13.4. The van der Waals surface area contributed by atoms with Gasteiger partial charge in [0, 0.05) is 37.1 Å². The molecule has 1 heterocycles. The molecule has 1 rings (SSSR count). The van der Waals surface area contributed by atoms with Crippen LogP contribution in [0.4, 0.5) is 0 Å². The van der Waals surface area contributed by atoms with Crippen molar-refractivity contribution in [1.29, 1.82) is 0 Å². The molecule has 44 heavy (non-hydrogen) atoms. The monoisotopic (exact) mass is 617 g/mol. The second-order valence-electron chi connectivity index (χ2n) is 12.0. The Labute approximate surface area is 263 Å². The van der Waals surface area contributed by atoms with Crippen molar-refractivity contribution in [1.82, 2.24) is 36.9 Å². The molecule has 0 aliphatic rings. The van der Waals surface area contributed by atoms with Crippen molar-refractivity contribution in [3.05, 3.63) is 30.1 Å². The van der Waals surface area contributed by atoms with E-state index in [-0.39, 0.29) is 41.5 Å². The lowest BCUT2D eigenvalue weighted by atomic mass is 10.0. The van der Waals surface area contributed by atoms with Crippen LogP contribution < -0.4 is 31.9 Å². The fourth-order valence-electron chi connectivity index (χ4n) is 4.71. The molecular formula is C32H55N7O5. The van der Waals surface area contributed by atoms with Crippen LogP contribution in [0.15, 0.2) is 24.5 Å². The lowest BCUT2D eigenvalue weighted by molar-refractivity contribution is -0.131. The van der Waals surface area contributed by atoms with Crippen molar-refractivity contribution >= 4 is 29.5 Å². The van der Waals surface area contributed by atoms with Gasteiger partial charge >= 0.3 is 0 Å². The van der Waals surface area contributed by atoms with E-state index in [0.717, 1.165) is 0 Å². The highest BCUT2D eigenvalue weighted by Gasteiger charge is 2.29. The number of nitrogens with one attached hydrogen (secondary N) is 6. The Morgan fingerprint density at radius 2 is 1.30 bits per heavy atom. The van der Waals surface area contributed by atoms with E-state index < -0.39 is 30.1 Å². The molecule has 1 aromatic rings. The van der Waals surface area contributed by atoms with Gasteiger partial charge in [0.15, 0.2) is 0 Å². The van der Waals surface area contributed by atoms with Crippen molar-refractivity contribution in [2.24, 2.45) is 11.8 Å². The van der Waals surface area contributed by atoms with Crippen LogP contribution in [-0.2, 0) is 19.2 Å². The van der Waals surface area contributed by atoms with Gasteiger partial charge in [0.25, 0.3) is 5.91 Å². The minimum atomic E-state index is -0.797. The van der Waals surface area contributed by atoms with Crippen LogP contribution in [0, 0.1) is 11.8 Å². The average molecular weight is 618 g/mol. The van der Waals surface area contributed by atoms with Gasteiger partial charge in [-0.3, -0.25) is 29.0 Å². The number of amides is 5. The van der Waals surface area contributed by atoms with Crippen molar-refractivity contribution in [2.75, 3.05) is 13.1 Å². The number of aromatic nitrogens is 1. The lowest BCUT2D eigenvalue weighted by Gasteiger charge is -2.28. The second kappa shape index (κ2) is 20.4. The fourth-order valence-corrected chi connectivity index (χ4v) is 4.71. The molecule has 12 heteroatoms. The van der Waals surface area contributed by atoms with Gasteiger partial charge in [-0.15, -0.1) is 0 Å². The number of carbonyl (C=O) groups excluding carboxylic acids is 5. The van der Waals surface area contributed by atoms with Crippen molar-refractivity contribution < 1.29 is 24.0 Å². The highest BCUT2D eigenvalue weighted by molar-refractivity contribution is 5.98. The highest BCUT2D eigenvalue weighted by atomic mass is 16.2. The maximum Gasteiger partial charge on any atom is 0.252 e. The first-order chi connectivity index (χ1) is 20.8. The average Bonchev–Trinajstić information content (AvgIpc) is 2.97. The molecule has 12 nitrogen and oxygen atoms in total. The molecule has 248 valence electrons. The number of carbonyl (C=O) groups is 5. The molecule has 0 spiro atoms. The summed E-state index contributed by atoms with van der Waals surface area (Å²) >= 11 is 0. The number of likely N-dealkylation sites (N-methyl/N-ethyl adjacent to an activating group) is 1. The van der Waals surface area contributed by atoms with Gasteiger partial charge in [-0.25, -0.2) is 0 Å². The first-order valence-corrected chi connectivity index (χ1v) is 16.0. The summed E-state index contributed by atoms with van der Waals surface area (Å²) in [7, 11) is 0. The number of pyridine rings is 1. The van der Waals surface area contributed by atoms with Crippen LogP contribution in [0.2, 0.25) is 0 Å². The van der Waals surface area contributed by atoms with Crippen molar-refractivity contribution in [2.45, 2.75) is 118 Å². The summed E-state index contributed by atoms with van der Waals surface area (Å²) < 4.78 is 0. The van der Waals surface area contributed by atoms with Crippen molar-refractivity contribution in [3.63, 3.8) is 0 Å². The van der Waals surface area contributed by atoms with Crippen LogP contribution >= 0.6 is 0 Å². The summed E-state index contributed by atoms with van der Waals surface area (Å²) in [4.78, 5) is 68.6. The van der Waals surface area contributed by atoms with E-state index >= 15 is 0 Å². The smallest absolute Gasteiger partial charge is 0.252 e. The number of rotatable bonds is 20. The Bertz CT molecular complexity index is 1050. The van der Waals surface area contributed by atoms with Gasteiger partial charge < -0.3 is 31.9 Å². The normalized spacial score (nSPS) is 14.6. The van der Waals surface area contributed by atoms with Gasteiger partial charge in [0.1, 0.15) is 18.1 Å². The molecule has 5 atom stereocenters. The predicted molar refractivity (Wildman–Crippen MR) is 172 cm³/mol. The van der Waals surface area contributed by atoms with E-state index in [1.807, 2.05) is 48.5 Å². The number of nitrogens with zero attached hydrogens (tertiary/aromatic N) is 1. The summed E-state index contributed by atoms with van der Waals surface area (Å²) in [6.45, 7) is 16.0. The minimum absolute atomic E-state index is 0.0859. The van der Waals surface area contributed by atoms with E-state index in [0.29, 0.717) is 50.8 Å². The maximum atomic E-state index is 13.4. The lowest BCUT2D eigenvalue weighted by Crippen LogP contribution is -2.57. The van der Waals surface area contributed by atoms with Gasteiger partial charge in [0.05, 0.1) is 6.04 Å².